The highest BCUT2D eigenvalue weighted by Gasteiger charge is 2.28. The molecule has 2 aromatic carbocycles. The van der Waals surface area contributed by atoms with E-state index < -0.39 is 29.3 Å². The predicted molar refractivity (Wildman–Crippen MR) is 135 cm³/mol. The van der Waals surface area contributed by atoms with Gasteiger partial charge in [0.05, 0.1) is 11.1 Å². The van der Waals surface area contributed by atoms with Crippen LogP contribution in [0.1, 0.15) is 64.3 Å². The highest BCUT2D eigenvalue weighted by molar-refractivity contribution is 5.96. The maximum atomic E-state index is 15.3. The van der Waals surface area contributed by atoms with Crippen molar-refractivity contribution in [3.63, 3.8) is 0 Å². The summed E-state index contributed by atoms with van der Waals surface area (Å²) in [4.78, 5) is 34.2. The second kappa shape index (κ2) is 11.3. The first-order valence-electron chi connectivity index (χ1n) is 11.8. The van der Waals surface area contributed by atoms with Crippen LogP contribution in [0.2, 0.25) is 0 Å². The number of rotatable bonds is 3. The molecule has 1 atom stereocenters. The minimum Gasteiger partial charge on any atom is -0.475 e. The minimum absolute atomic E-state index is 0.0633. The lowest BCUT2D eigenvalue weighted by molar-refractivity contribution is -0.129. The molecule has 1 amide bonds. The third kappa shape index (κ3) is 8.24. The van der Waals surface area contributed by atoms with Gasteiger partial charge in [0, 0.05) is 0 Å². The summed E-state index contributed by atoms with van der Waals surface area (Å²) in [6.07, 6.45) is -2.04. The minimum atomic E-state index is -1.10. The Balaban J connectivity index is 1.78. The fraction of sp³-hybridized carbons (Fsp3) is 0.393. The van der Waals surface area contributed by atoms with E-state index in [1.54, 1.807) is 53.7 Å². The summed E-state index contributed by atoms with van der Waals surface area (Å²) >= 11 is 0. The van der Waals surface area contributed by atoms with Gasteiger partial charge in [-0.3, -0.25) is 4.84 Å². The number of benzene rings is 2. The third-order valence-electron chi connectivity index (χ3n) is 4.68. The van der Waals surface area contributed by atoms with Gasteiger partial charge in [0.25, 0.3) is 0 Å². The molecule has 1 heterocycles. The number of aliphatic imine (C=N–C) groups is 1. The molecule has 1 aliphatic heterocycles. The van der Waals surface area contributed by atoms with Crippen LogP contribution in [0, 0.1) is 17.7 Å². The summed E-state index contributed by atoms with van der Waals surface area (Å²) in [5.41, 5.74) is -0.468. The maximum Gasteiger partial charge on any atom is 0.534 e. The molecule has 0 saturated heterocycles. The Kier molecular flexibility index (Phi) is 8.43. The summed E-state index contributed by atoms with van der Waals surface area (Å²) in [6, 6.07) is 14.1. The van der Waals surface area contributed by atoms with Crippen molar-refractivity contribution in [1.82, 2.24) is 5.06 Å². The summed E-state index contributed by atoms with van der Waals surface area (Å²) in [6.45, 7) is 9.89. The summed E-state index contributed by atoms with van der Waals surface area (Å²) in [5.74, 6) is 4.91. The molecule has 3 rings (SSSR count). The van der Waals surface area contributed by atoms with Crippen LogP contribution in [0.4, 0.5) is 14.0 Å². The molecular formula is C28H31FN2O6. The van der Waals surface area contributed by atoms with Crippen molar-refractivity contribution >= 4 is 18.1 Å². The zero-order chi connectivity index (χ0) is 27.2. The number of carbonyl (C=O) groups is 2. The Morgan fingerprint density at radius 1 is 1.03 bits per heavy atom. The van der Waals surface area contributed by atoms with Crippen LogP contribution in [-0.4, -0.2) is 47.6 Å². The monoisotopic (exact) mass is 510 g/mol. The van der Waals surface area contributed by atoms with Crippen LogP contribution in [0.5, 0.6) is 0 Å². The van der Waals surface area contributed by atoms with E-state index in [4.69, 9.17) is 19.0 Å². The van der Waals surface area contributed by atoms with E-state index in [2.05, 4.69) is 16.8 Å². The quantitative estimate of drug-likeness (QED) is 0.295. The number of carbonyl (C=O) groups excluding carboxylic acids is 2. The molecule has 0 unspecified atom stereocenters. The Morgan fingerprint density at radius 2 is 1.70 bits per heavy atom. The number of hydrogen-bond acceptors (Lipinski definition) is 7. The lowest BCUT2D eigenvalue weighted by Gasteiger charge is -2.26. The molecule has 0 N–H and O–H groups in total. The van der Waals surface area contributed by atoms with E-state index in [0.717, 1.165) is 5.56 Å². The standard InChI is InChI=1S/C28H31FN2O6/c1-27(2,3)35-25(32)31(37-26(33)36-28(4,5)6)17-11-15-20-14-10-16-21(23(20)29)24-30-22(18-34-24)19-12-8-7-9-13-19/h7-10,12-14,16,22H,17-18H2,1-6H3/t22-/m0/s1. The summed E-state index contributed by atoms with van der Waals surface area (Å²) < 4.78 is 31.3. The first kappa shape index (κ1) is 27.5. The van der Waals surface area contributed by atoms with E-state index in [0.29, 0.717) is 11.7 Å². The number of hydroxylamine groups is 2. The largest absolute Gasteiger partial charge is 0.534 e. The topological polar surface area (TPSA) is 86.7 Å². The van der Waals surface area contributed by atoms with Crippen molar-refractivity contribution in [2.75, 3.05) is 13.2 Å². The molecule has 1 aliphatic rings. The lowest BCUT2D eigenvalue weighted by Crippen LogP contribution is -2.40. The zero-order valence-electron chi connectivity index (χ0n) is 21.8. The van der Waals surface area contributed by atoms with Gasteiger partial charge in [0.1, 0.15) is 30.4 Å². The van der Waals surface area contributed by atoms with Gasteiger partial charge in [-0.1, -0.05) is 48.2 Å². The van der Waals surface area contributed by atoms with Gasteiger partial charge >= 0.3 is 12.2 Å². The highest BCUT2D eigenvalue weighted by Crippen LogP contribution is 2.26. The smallest absolute Gasteiger partial charge is 0.475 e. The molecule has 0 aromatic heterocycles. The number of nitrogens with zero attached hydrogens (tertiary/aromatic N) is 2. The van der Waals surface area contributed by atoms with Crippen LogP contribution in [0.15, 0.2) is 53.5 Å². The van der Waals surface area contributed by atoms with Crippen LogP contribution in [-0.2, 0) is 19.0 Å². The van der Waals surface area contributed by atoms with Crippen molar-refractivity contribution in [1.29, 1.82) is 0 Å². The van der Waals surface area contributed by atoms with E-state index in [9.17, 15) is 9.59 Å². The molecule has 0 radical (unpaired) electrons. The van der Waals surface area contributed by atoms with Gasteiger partial charge in [-0.15, -0.1) is 5.06 Å². The van der Waals surface area contributed by atoms with Crippen molar-refractivity contribution in [2.24, 2.45) is 4.99 Å². The van der Waals surface area contributed by atoms with E-state index in [1.807, 2.05) is 30.3 Å². The van der Waals surface area contributed by atoms with Crippen molar-refractivity contribution in [2.45, 2.75) is 58.8 Å². The summed E-state index contributed by atoms with van der Waals surface area (Å²) in [7, 11) is 0. The number of ether oxygens (including phenoxy) is 3. The van der Waals surface area contributed by atoms with Crippen molar-refractivity contribution in [3.05, 3.63) is 71.0 Å². The zero-order valence-corrected chi connectivity index (χ0v) is 21.8. The van der Waals surface area contributed by atoms with Gasteiger partial charge in [0.15, 0.2) is 5.82 Å². The molecule has 37 heavy (non-hydrogen) atoms. The predicted octanol–water partition coefficient (Wildman–Crippen LogP) is 5.80. The van der Waals surface area contributed by atoms with Crippen LogP contribution in [0.3, 0.4) is 0 Å². The number of hydrogen-bond donors (Lipinski definition) is 0. The molecule has 0 spiro atoms. The Hall–Kier alpha value is -4.06. The summed E-state index contributed by atoms with van der Waals surface area (Å²) in [5, 5.41) is 0.628. The fourth-order valence-corrected chi connectivity index (χ4v) is 3.17. The van der Waals surface area contributed by atoms with Gasteiger partial charge in [-0.25, -0.2) is 19.0 Å². The Morgan fingerprint density at radius 3 is 2.35 bits per heavy atom. The molecule has 0 aliphatic carbocycles. The molecular weight excluding hydrogens is 479 g/mol. The Bertz CT molecular complexity index is 1220. The number of halogens is 1. The van der Waals surface area contributed by atoms with Gasteiger partial charge < -0.3 is 14.2 Å². The molecule has 9 heteroatoms. The molecule has 196 valence electrons. The first-order chi connectivity index (χ1) is 17.3. The average molecular weight is 511 g/mol. The van der Waals surface area contributed by atoms with Gasteiger partial charge in [-0.05, 0) is 59.2 Å². The molecule has 8 nitrogen and oxygen atoms in total. The highest BCUT2D eigenvalue weighted by atomic mass is 19.1. The van der Waals surface area contributed by atoms with E-state index in [-0.39, 0.29) is 29.6 Å². The van der Waals surface area contributed by atoms with Crippen LogP contribution in [0.25, 0.3) is 0 Å². The van der Waals surface area contributed by atoms with Crippen molar-refractivity contribution in [3.8, 4) is 11.8 Å². The average Bonchev–Trinajstić information content (AvgIpc) is 3.28. The molecule has 2 aromatic rings. The normalized spacial score (nSPS) is 15.0. The van der Waals surface area contributed by atoms with Gasteiger partial charge in [0.2, 0.25) is 5.90 Å². The van der Waals surface area contributed by atoms with Crippen molar-refractivity contribution < 1.29 is 33.0 Å². The Labute approximate surface area is 216 Å². The third-order valence-corrected chi connectivity index (χ3v) is 4.68. The van der Waals surface area contributed by atoms with E-state index in [1.165, 1.54) is 6.07 Å². The van der Waals surface area contributed by atoms with Crippen LogP contribution < -0.4 is 0 Å². The van der Waals surface area contributed by atoms with Crippen LogP contribution >= 0.6 is 0 Å². The van der Waals surface area contributed by atoms with Gasteiger partial charge in [-0.2, -0.15) is 0 Å². The number of amides is 1. The molecule has 0 fully saturated rings. The first-order valence-corrected chi connectivity index (χ1v) is 11.8. The second-order valence-corrected chi connectivity index (χ2v) is 10.2. The second-order valence-electron chi connectivity index (χ2n) is 10.2. The lowest BCUT2D eigenvalue weighted by atomic mass is 10.1. The maximum absolute atomic E-state index is 15.3. The molecule has 0 bridgehead atoms. The SMILES string of the molecule is CC(C)(C)OC(=O)ON(CC#Cc1cccc(C2=N[C@H](c3ccccc3)CO2)c1F)C(=O)OC(C)(C)C. The van der Waals surface area contributed by atoms with E-state index >= 15 is 4.39 Å². The molecule has 0 saturated carbocycles. The fourth-order valence-electron chi connectivity index (χ4n) is 3.17.